The molecule has 1 amide bonds. The summed E-state index contributed by atoms with van der Waals surface area (Å²) in [5.74, 6) is 0.887. The predicted molar refractivity (Wildman–Crippen MR) is 91.9 cm³/mol. The summed E-state index contributed by atoms with van der Waals surface area (Å²) < 4.78 is 15.6. The molecule has 1 heterocycles. The van der Waals surface area contributed by atoms with Gasteiger partial charge in [-0.15, -0.1) is 0 Å². The molecule has 0 aliphatic carbocycles. The minimum absolute atomic E-state index is 0.00155. The summed E-state index contributed by atoms with van der Waals surface area (Å²) in [5, 5.41) is 15.0. The maximum Gasteiger partial charge on any atom is 0.282 e. The Balaban J connectivity index is 1.72. The summed E-state index contributed by atoms with van der Waals surface area (Å²) in [5.41, 5.74) is 2.69. The van der Waals surface area contributed by atoms with Crippen molar-refractivity contribution >= 4 is 17.8 Å². The third-order valence-electron chi connectivity index (χ3n) is 3.52. The van der Waals surface area contributed by atoms with Crippen LogP contribution in [0.5, 0.6) is 17.2 Å². The lowest BCUT2D eigenvalue weighted by Gasteiger charge is -2.04. The molecule has 0 saturated heterocycles. The molecular formula is C17H15N3O6. The number of hydrazone groups is 1. The number of hydrogen-bond donors (Lipinski definition) is 1. The zero-order valence-electron chi connectivity index (χ0n) is 13.8. The number of amides is 1. The number of nitro benzene ring substituents is 1. The molecule has 3 rings (SSSR count). The smallest absolute Gasteiger partial charge is 0.282 e. The van der Waals surface area contributed by atoms with Crippen LogP contribution in [0.1, 0.15) is 22.8 Å². The van der Waals surface area contributed by atoms with Gasteiger partial charge < -0.3 is 14.2 Å². The number of nitro groups is 1. The van der Waals surface area contributed by atoms with Crippen molar-refractivity contribution in [2.45, 2.75) is 6.92 Å². The zero-order valence-corrected chi connectivity index (χ0v) is 13.8. The summed E-state index contributed by atoms with van der Waals surface area (Å²) in [4.78, 5) is 22.7. The van der Waals surface area contributed by atoms with Crippen molar-refractivity contribution in [2.24, 2.45) is 5.10 Å². The van der Waals surface area contributed by atoms with Gasteiger partial charge in [0.2, 0.25) is 6.79 Å². The molecule has 26 heavy (non-hydrogen) atoms. The van der Waals surface area contributed by atoms with E-state index in [4.69, 9.17) is 14.2 Å². The number of benzene rings is 2. The Bertz CT molecular complexity index is 864. The summed E-state index contributed by atoms with van der Waals surface area (Å²) in [6.07, 6.45) is 1.19. The third-order valence-corrected chi connectivity index (χ3v) is 3.52. The molecule has 9 nitrogen and oxygen atoms in total. The van der Waals surface area contributed by atoms with Gasteiger partial charge in [0.15, 0.2) is 11.5 Å². The Morgan fingerprint density at radius 3 is 2.65 bits per heavy atom. The standard InChI is InChI=1S/C17H15N3O6/c1-2-24-13-5-3-11(4-6-13)17(21)19-18-9-12-7-15-16(26-10-25-15)8-14(12)20(22)23/h3-9H,2,10H2,1H3,(H,19,21)/b18-9-. The molecule has 1 aliphatic rings. The van der Waals surface area contributed by atoms with Crippen LogP contribution < -0.4 is 19.6 Å². The first-order valence-electron chi connectivity index (χ1n) is 7.72. The molecule has 0 radical (unpaired) electrons. The molecule has 2 aromatic carbocycles. The van der Waals surface area contributed by atoms with Crippen LogP contribution in [0, 0.1) is 10.1 Å². The van der Waals surface area contributed by atoms with Gasteiger partial charge >= 0.3 is 0 Å². The molecule has 0 saturated carbocycles. The van der Waals surface area contributed by atoms with E-state index in [9.17, 15) is 14.9 Å². The van der Waals surface area contributed by atoms with E-state index in [0.717, 1.165) is 0 Å². The SMILES string of the molecule is CCOc1ccc(C(=O)N/N=C\c2cc3c(cc2[N+](=O)[O-])OCO3)cc1. The van der Waals surface area contributed by atoms with Crippen molar-refractivity contribution in [3.8, 4) is 17.2 Å². The quantitative estimate of drug-likeness (QED) is 0.483. The van der Waals surface area contributed by atoms with Gasteiger partial charge in [0.1, 0.15) is 5.75 Å². The molecule has 0 aromatic heterocycles. The first-order valence-corrected chi connectivity index (χ1v) is 7.72. The molecule has 0 bridgehead atoms. The molecule has 0 unspecified atom stereocenters. The van der Waals surface area contributed by atoms with Crippen molar-refractivity contribution in [3.63, 3.8) is 0 Å². The first kappa shape index (κ1) is 17.2. The van der Waals surface area contributed by atoms with Gasteiger partial charge in [0, 0.05) is 5.56 Å². The monoisotopic (exact) mass is 357 g/mol. The van der Waals surface area contributed by atoms with Gasteiger partial charge in [-0.25, -0.2) is 5.43 Å². The summed E-state index contributed by atoms with van der Waals surface area (Å²) in [6, 6.07) is 9.23. The molecule has 134 valence electrons. The van der Waals surface area contributed by atoms with E-state index >= 15 is 0 Å². The van der Waals surface area contributed by atoms with Crippen molar-refractivity contribution in [2.75, 3.05) is 13.4 Å². The molecule has 1 aliphatic heterocycles. The Labute approximate surface area is 148 Å². The first-order chi connectivity index (χ1) is 12.6. The number of nitrogens with one attached hydrogen (secondary N) is 1. The molecule has 2 aromatic rings. The maximum absolute atomic E-state index is 12.1. The number of ether oxygens (including phenoxy) is 3. The second-order valence-corrected chi connectivity index (χ2v) is 5.18. The summed E-state index contributed by atoms with van der Waals surface area (Å²) >= 11 is 0. The lowest BCUT2D eigenvalue weighted by molar-refractivity contribution is -0.385. The van der Waals surface area contributed by atoms with Crippen LogP contribution in [-0.2, 0) is 0 Å². The molecule has 1 N–H and O–H groups in total. The van der Waals surface area contributed by atoms with E-state index in [1.807, 2.05) is 6.92 Å². The number of carbonyl (C=O) groups is 1. The molecule has 9 heteroatoms. The number of carbonyl (C=O) groups excluding carboxylic acids is 1. The number of hydrogen-bond acceptors (Lipinski definition) is 7. The van der Waals surface area contributed by atoms with Crippen LogP contribution >= 0.6 is 0 Å². The fourth-order valence-corrected chi connectivity index (χ4v) is 2.30. The summed E-state index contributed by atoms with van der Waals surface area (Å²) in [6.45, 7) is 2.40. The molecule has 0 fully saturated rings. The van der Waals surface area contributed by atoms with Crippen LogP contribution in [0.25, 0.3) is 0 Å². The fourth-order valence-electron chi connectivity index (χ4n) is 2.30. The normalized spacial score (nSPS) is 12.2. The van der Waals surface area contributed by atoms with Gasteiger partial charge in [-0.05, 0) is 37.3 Å². The van der Waals surface area contributed by atoms with Crippen LogP contribution in [0.15, 0.2) is 41.5 Å². The minimum atomic E-state index is -0.558. The van der Waals surface area contributed by atoms with Gasteiger partial charge in [0.25, 0.3) is 11.6 Å². The van der Waals surface area contributed by atoms with Crippen LogP contribution in [0.2, 0.25) is 0 Å². The lowest BCUT2D eigenvalue weighted by atomic mass is 10.1. The maximum atomic E-state index is 12.1. The highest BCUT2D eigenvalue weighted by atomic mass is 16.7. The van der Waals surface area contributed by atoms with E-state index in [2.05, 4.69) is 10.5 Å². The van der Waals surface area contributed by atoms with Gasteiger partial charge in [-0.2, -0.15) is 5.10 Å². The van der Waals surface area contributed by atoms with Gasteiger partial charge in [0.05, 0.1) is 29.4 Å². The molecule has 0 spiro atoms. The predicted octanol–water partition coefficient (Wildman–Crippen LogP) is 2.49. The molecule has 0 atom stereocenters. The van der Waals surface area contributed by atoms with Gasteiger partial charge in [-0.3, -0.25) is 14.9 Å². The Morgan fingerprint density at radius 2 is 2.00 bits per heavy atom. The molecular weight excluding hydrogens is 342 g/mol. The van der Waals surface area contributed by atoms with Crippen LogP contribution in [0.3, 0.4) is 0 Å². The third kappa shape index (κ3) is 3.72. The lowest BCUT2D eigenvalue weighted by Crippen LogP contribution is -2.17. The van der Waals surface area contributed by atoms with Gasteiger partial charge in [-0.1, -0.05) is 0 Å². The highest BCUT2D eigenvalue weighted by Gasteiger charge is 2.22. The van der Waals surface area contributed by atoms with Crippen LogP contribution in [-0.4, -0.2) is 30.4 Å². The Kier molecular flexibility index (Phi) is 4.97. The number of fused-ring (bicyclic) bond motifs is 1. The fraction of sp³-hybridized carbons (Fsp3) is 0.176. The van der Waals surface area contributed by atoms with Crippen molar-refractivity contribution in [3.05, 3.63) is 57.6 Å². The Morgan fingerprint density at radius 1 is 1.31 bits per heavy atom. The second-order valence-electron chi connectivity index (χ2n) is 5.18. The second kappa shape index (κ2) is 7.51. The zero-order chi connectivity index (χ0) is 18.5. The number of nitrogens with zero attached hydrogens (tertiary/aromatic N) is 2. The summed E-state index contributed by atoms with van der Waals surface area (Å²) in [7, 11) is 0. The highest BCUT2D eigenvalue weighted by molar-refractivity contribution is 5.95. The topological polar surface area (TPSA) is 112 Å². The van der Waals surface area contributed by atoms with Crippen molar-refractivity contribution < 1.29 is 23.9 Å². The van der Waals surface area contributed by atoms with E-state index in [1.165, 1.54) is 18.3 Å². The van der Waals surface area contributed by atoms with E-state index in [0.29, 0.717) is 29.4 Å². The van der Waals surface area contributed by atoms with Crippen molar-refractivity contribution in [1.82, 2.24) is 5.43 Å². The highest BCUT2D eigenvalue weighted by Crippen LogP contribution is 2.37. The van der Waals surface area contributed by atoms with Crippen LogP contribution in [0.4, 0.5) is 5.69 Å². The van der Waals surface area contributed by atoms with E-state index in [1.54, 1.807) is 24.3 Å². The van der Waals surface area contributed by atoms with Crippen molar-refractivity contribution in [1.29, 1.82) is 0 Å². The van der Waals surface area contributed by atoms with E-state index < -0.39 is 10.8 Å². The average molecular weight is 357 g/mol. The average Bonchev–Trinajstić information content (AvgIpc) is 3.09. The van der Waals surface area contributed by atoms with E-state index in [-0.39, 0.29) is 18.0 Å². The minimum Gasteiger partial charge on any atom is -0.494 e. The largest absolute Gasteiger partial charge is 0.494 e. The Hall–Kier alpha value is -3.62. The number of rotatable bonds is 6.